The summed E-state index contributed by atoms with van der Waals surface area (Å²) in [5.41, 5.74) is 0.973. The van der Waals surface area contributed by atoms with E-state index in [0.717, 1.165) is 18.4 Å². The number of amides is 2. The van der Waals surface area contributed by atoms with Crippen LogP contribution >= 0.6 is 0 Å². The molecule has 3 rings (SSSR count). The van der Waals surface area contributed by atoms with Crippen LogP contribution in [0.4, 0.5) is 0 Å². The van der Waals surface area contributed by atoms with Gasteiger partial charge in [0.1, 0.15) is 0 Å². The number of aromatic amines is 1. The molecule has 10 nitrogen and oxygen atoms in total. The Morgan fingerprint density at radius 1 is 1.28 bits per heavy atom. The van der Waals surface area contributed by atoms with Gasteiger partial charge in [0.15, 0.2) is 22.1 Å². The molecular formula is C21H28N4O6S. The molecule has 11 heteroatoms. The Bertz CT molecular complexity index is 1080. The van der Waals surface area contributed by atoms with E-state index >= 15 is 0 Å². The van der Waals surface area contributed by atoms with E-state index in [1.165, 1.54) is 4.90 Å². The SMILES string of the molecule is CCCCN(C(=O)COC(=O)CCNC(=O)c1n[nH]c2ccccc12)C1CCS(=O)(=O)C1. The lowest BCUT2D eigenvalue weighted by molar-refractivity contribution is -0.152. The van der Waals surface area contributed by atoms with Crippen molar-refractivity contribution in [1.82, 2.24) is 20.4 Å². The van der Waals surface area contributed by atoms with Gasteiger partial charge in [-0.05, 0) is 18.9 Å². The Balaban J connectivity index is 1.44. The number of unbranched alkanes of at least 4 members (excludes halogenated alkanes) is 1. The van der Waals surface area contributed by atoms with Crippen molar-refractivity contribution in [3.05, 3.63) is 30.0 Å². The maximum atomic E-state index is 12.6. The summed E-state index contributed by atoms with van der Waals surface area (Å²) in [4.78, 5) is 38.4. The van der Waals surface area contributed by atoms with E-state index < -0.39 is 34.2 Å². The van der Waals surface area contributed by atoms with Gasteiger partial charge in [0.2, 0.25) is 0 Å². The molecule has 1 unspecified atom stereocenters. The summed E-state index contributed by atoms with van der Waals surface area (Å²) in [7, 11) is -3.13. The summed E-state index contributed by atoms with van der Waals surface area (Å²) in [6.45, 7) is 2.00. The van der Waals surface area contributed by atoms with Gasteiger partial charge in [-0.1, -0.05) is 31.5 Å². The van der Waals surface area contributed by atoms with Crippen LogP contribution in [-0.4, -0.2) is 78.5 Å². The Labute approximate surface area is 186 Å². The van der Waals surface area contributed by atoms with Gasteiger partial charge in [-0.25, -0.2) is 8.42 Å². The molecule has 0 radical (unpaired) electrons. The lowest BCUT2D eigenvalue weighted by Crippen LogP contribution is -2.44. The maximum absolute atomic E-state index is 12.6. The first-order chi connectivity index (χ1) is 15.3. The van der Waals surface area contributed by atoms with Crippen molar-refractivity contribution in [3.8, 4) is 0 Å². The van der Waals surface area contributed by atoms with Crippen molar-refractivity contribution in [2.75, 3.05) is 31.2 Å². The maximum Gasteiger partial charge on any atom is 0.308 e. The minimum Gasteiger partial charge on any atom is -0.456 e. The lowest BCUT2D eigenvalue weighted by atomic mass is 10.2. The van der Waals surface area contributed by atoms with Crippen LogP contribution in [0.25, 0.3) is 10.9 Å². The Morgan fingerprint density at radius 3 is 2.78 bits per heavy atom. The van der Waals surface area contributed by atoms with Crippen LogP contribution < -0.4 is 5.32 Å². The van der Waals surface area contributed by atoms with Crippen molar-refractivity contribution in [2.45, 2.75) is 38.6 Å². The van der Waals surface area contributed by atoms with Crippen LogP contribution in [0, 0.1) is 0 Å². The number of ether oxygens (including phenoxy) is 1. The topological polar surface area (TPSA) is 139 Å². The molecule has 1 aromatic heterocycles. The third-order valence-electron chi connectivity index (χ3n) is 5.38. The molecule has 0 bridgehead atoms. The first-order valence-electron chi connectivity index (χ1n) is 10.7. The molecule has 1 aromatic carbocycles. The zero-order valence-corrected chi connectivity index (χ0v) is 18.8. The Kier molecular flexibility index (Phi) is 7.84. The second-order valence-electron chi connectivity index (χ2n) is 7.78. The number of fused-ring (bicyclic) bond motifs is 1. The molecule has 1 saturated heterocycles. The normalized spacial score (nSPS) is 17.2. The molecule has 0 saturated carbocycles. The average Bonchev–Trinajstić information content (AvgIpc) is 3.35. The van der Waals surface area contributed by atoms with Gasteiger partial charge in [0.25, 0.3) is 11.8 Å². The highest BCUT2D eigenvalue weighted by atomic mass is 32.2. The van der Waals surface area contributed by atoms with Crippen molar-refractivity contribution in [3.63, 3.8) is 0 Å². The van der Waals surface area contributed by atoms with Crippen LogP contribution in [0.15, 0.2) is 24.3 Å². The number of hydrogen-bond acceptors (Lipinski definition) is 7. The van der Waals surface area contributed by atoms with E-state index in [-0.39, 0.29) is 36.2 Å². The van der Waals surface area contributed by atoms with E-state index in [0.29, 0.717) is 18.4 Å². The first-order valence-corrected chi connectivity index (χ1v) is 12.5. The standard InChI is InChI=1S/C21H28N4O6S/c1-2-3-11-25(15-9-12-32(29,30)14-15)18(26)13-31-19(27)8-10-22-21(28)20-16-6-4-5-7-17(16)23-24-20/h4-7,15H,2-3,8-14H2,1H3,(H,22,28)(H,23,24). The number of benzene rings is 1. The van der Waals surface area contributed by atoms with E-state index in [2.05, 4.69) is 15.5 Å². The number of rotatable bonds is 10. The fraction of sp³-hybridized carbons (Fsp3) is 0.524. The van der Waals surface area contributed by atoms with Gasteiger partial charge in [0.05, 0.1) is 23.4 Å². The smallest absolute Gasteiger partial charge is 0.308 e. The van der Waals surface area contributed by atoms with Crippen LogP contribution in [0.2, 0.25) is 0 Å². The fourth-order valence-corrected chi connectivity index (χ4v) is 5.39. The van der Waals surface area contributed by atoms with Crippen LogP contribution in [0.5, 0.6) is 0 Å². The van der Waals surface area contributed by atoms with Crippen molar-refractivity contribution in [1.29, 1.82) is 0 Å². The van der Waals surface area contributed by atoms with Gasteiger partial charge in [0, 0.05) is 24.5 Å². The highest BCUT2D eigenvalue weighted by molar-refractivity contribution is 7.91. The number of nitrogens with one attached hydrogen (secondary N) is 2. The van der Waals surface area contributed by atoms with Gasteiger partial charge in [-0.2, -0.15) is 5.10 Å². The van der Waals surface area contributed by atoms with Gasteiger partial charge >= 0.3 is 5.97 Å². The van der Waals surface area contributed by atoms with E-state index in [1.54, 1.807) is 18.2 Å². The second kappa shape index (κ2) is 10.6. The summed E-state index contributed by atoms with van der Waals surface area (Å²) < 4.78 is 28.6. The van der Waals surface area contributed by atoms with E-state index in [9.17, 15) is 22.8 Å². The number of carbonyl (C=O) groups is 3. The number of para-hydroxylation sites is 1. The van der Waals surface area contributed by atoms with Crippen molar-refractivity contribution < 1.29 is 27.5 Å². The van der Waals surface area contributed by atoms with Crippen molar-refractivity contribution in [2.24, 2.45) is 0 Å². The van der Waals surface area contributed by atoms with Gasteiger partial charge < -0.3 is 15.0 Å². The average molecular weight is 465 g/mol. The van der Waals surface area contributed by atoms with Crippen LogP contribution in [-0.2, 0) is 24.2 Å². The van der Waals surface area contributed by atoms with Crippen LogP contribution in [0.3, 0.4) is 0 Å². The van der Waals surface area contributed by atoms with Gasteiger partial charge in [-0.15, -0.1) is 0 Å². The summed E-state index contributed by atoms with van der Waals surface area (Å²) in [5.74, 6) is -1.43. The largest absolute Gasteiger partial charge is 0.456 e. The molecule has 0 spiro atoms. The molecule has 1 aliphatic heterocycles. The predicted molar refractivity (Wildman–Crippen MR) is 118 cm³/mol. The van der Waals surface area contributed by atoms with E-state index in [4.69, 9.17) is 4.74 Å². The molecular weight excluding hydrogens is 436 g/mol. The number of aromatic nitrogens is 2. The van der Waals surface area contributed by atoms with Gasteiger partial charge in [-0.3, -0.25) is 19.5 Å². The Morgan fingerprint density at radius 2 is 2.06 bits per heavy atom. The number of carbonyl (C=O) groups excluding carboxylic acids is 3. The minimum atomic E-state index is -3.13. The second-order valence-corrected chi connectivity index (χ2v) is 10.0. The molecule has 2 amide bonds. The number of esters is 1. The first kappa shape index (κ1) is 23.7. The summed E-state index contributed by atoms with van der Waals surface area (Å²) in [6, 6.07) is 6.83. The fourth-order valence-electron chi connectivity index (χ4n) is 3.66. The third-order valence-corrected chi connectivity index (χ3v) is 7.13. The molecule has 2 aromatic rings. The minimum absolute atomic E-state index is 0.0352. The molecule has 1 atom stereocenters. The number of nitrogens with zero attached hydrogens (tertiary/aromatic N) is 2. The summed E-state index contributed by atoms with van der Waals surface area (Å²) in [6.07, 6.45) is 1.89. The summed E-state index contributed by atoms with van der Waals surface area (Å²) >= 11 is 0. The molecule has 1 aliphatic rings. The molecule has 1 fully saturated rings. The highest BCUT2D eigenvalue weighted by Crippen LogP contribution is 2.19. The number of H-pyrrole nitrogens is 1. The molecule has 2 N–H and O–H groups in total. The van der Waals surface area contributed by atoms with Crippen molar-refractivity contribution >= 4 is 38.5 Å². The number of hydrogen-bond donors (Lipinski definition) is 2. The predicted octanol–water partition coefficient (Wildman–Crippen LogP) is 1.04. The Hall–Kier alpha value is -2.95. The molecule has 32 heavy (non-hydrogen) atoms. The molecule has 174 valence electrons. The van der Waals surface area contributed by atoms with Crippen LogP contribution in [0.1, 0.15) is 43.1 Å². The zero-order chi connectivity index (χ0) is 23.1. The molecule has 0 aliphatic carbocycles. The third kappa shape index (κ3) is 6.06. The summed E-state index contributed by atoms with van der Waals surface area (Å²) in [5, 5.41) is 10.1. The number of sulfone groups is 1. The zero-order valence-electron chi connectivity index (χ0n) is 18.0. The monoisotopic (exact) mass is 464 g/mol. The lowest BCUT2D eigenvalue weighted by Gasteiger charge is -2.28. The quantitative estimate of drug-likeness (QED) is 0.501. The highest BCUT2D eigenvalue weighted by Gasteiger charge is 2.34. The molecule has 2 heterocycles. The van der Waals surface area contributed by atoms with E-state index in [1.807, 2.05) is 13.0 Å².